The van der Waals surface area contributed by atoms with Crippen molar-refractivity contribution < 1.29 is 9.47 Å². The Hall–Kier alpha value is -1.04. The Bertz CT molecular complexity index is 277. The Morgan fingerprint density at radius 1 is 1.00 bits per heavy atom. The third-order valence-electron chi connectivity index (χ3n) is 2.65. The molecule has 2 heteroatoms. The molecule has 0 heterocycles. The minimum absolute atomic E-state index is 0.0101. The van der Waals surface area contributed by atoms with Crippen LogP contribution in [0, 0.1) is 11.8 Å². The maximum atomic E-state index is 5.51. The van der Waals surface area contributed by atoms with Crippen LogP contribution in [0.15, 0.2) is 24.8 Å². The van der Waals surface area contributed by atoms with Crippen LogP contribution in [0.4, 0.5) is 0 Å². The molecule has 0 spiro atoms. The van der Waals surface area contributed by atoms with Gasteiger partial charge in [0, 0.05) is 13.2 Å². The second kappa shape index (κ2) is 15.0. The first-order valence-electron chi connectivity index (χ1n) is 7.35. The molecular weight excluding hydrogens is 236 g/mol. The highest BCUT2D eigenvalue weighted by atomic mass is 16.7. The van der Waals surface area contributed by atoms with Gasteiger partial charge in [0.15, 0.2) is 6.29 Å². The maximum Gasteiger partial charge on any atom is 0.157 e. The van der Waals surface area contributed by atoms with E-state index in [9.17, 15) is 0 Å². The molecular formula is C17H28O2. The lowest BCUT2D eigenvalue weighted by Crippen LogP contribution is -2.17. The molecule has 0 aromatic carbocycles. The van der Waals surface area contributed by atoms with Crippen molar-refractivity contribution in [1.82, 2.24) is 0 Å². The lowest BCUT2D eigenvalue weighted by atomic mass is 10.1. The van der Waals surface area contributed by atoms with Crippen LogP contribution in [-0.4, -0.2) is 19.5 Å². The van der Waals surface area contributed by atoms with E-state index in [-0.39, 0.29) is 6.29 Å². The number of allylic oxidation sites excluding steroid dienone is 3. The van der Waals surface area contributed by atoms with Crippen molar-refractivity contribution in [2.45, 2.75) is 58.7 Å². The zero-order chi connectivity index (χ0) is 14.2. The second-order valence-electron chi connectivity index (χ2n) is 4.23. The van der Waals surface area contributed by atoms with Crippen molar-refractivity contribution >= 4 is 0 Å². The molecule has 0 unspecified atom stereocenters. The first-order chi connectivity index (χ1) is 9.35. The summed E-state index contributed by atoms with van der Waals surface area (Å²) < 4.78 is 11.0. The molecule has 19 heavy (non-hydrogen) atoms. The van der Waals surface area contributed by atoms with Gasteiger partial charge in [0.25, 0.3) is 0 Å². The third-order valence-corrected chi connectivity index (χ3v) is 2.65. The number of hydrogen-bond acceptors (Lipinski definition) is 2. The fraction of sp³-hybridized carbons (Fsp3) is 0.647. The van der Waals surface area contributed by atoms with Gasteiger partial charge in [-0.05, 0) is 51.7 Å². The van der Waals surface area contributed by atoms with E-state index < -0.39 is 0 Å². The predicted molar refractivity (Wildman–Crippen MR) is 81.9 cm³/mol. The molecule has 0 atom stereocenters. The molecule has 0 aromatic heterocycles. The Kier molecular flexibility index (Phi) is 14.2. The minimum Gasteiger partial charge on any atom is -0.353 e. The van der Waals surface area contributed by atoms with Gasteiger partial charge in [0.1, 0.15) is 0 Å². The highest BCUT2D eigenvalue weighted by molar-refractivity contribution is 5.21. The van der Waals surface area contributed by atoms with E-state index in [0.29, 0.717) is 0 Å². The van der Waals surface area contributed by atoms with E-state index in [1.165, 1.54) is 25.7 Å². The van der Waals surface area contributed by atoms with Crippen molar-refractivity contribution in [2.75, 3.05) is 13.2 Å². The summed E-state index contributed by atoms with van der Waals surface area (Å²) in [6.45, 7) is 9.00. The van der Waals surface area contributed by atoms with Gasteiger partial charge in [-0.25, -0.2) is 0 Å². The SMILES string of the molecule is C=CC#C/C=C\CCCCCCC(OCC)OCC. The van der Waals surface area contributed by atoms with Crippen molar-refractivity contribution in [3.05, 3.63) is 24.8 Å². The fourth-order valence-electron chi connectivity index (χ4n) is 1.76. The van der Waals surface area contributed by atoms with Crippen LogP contribution in [0.5, 0.6) is 0 Å². The van der Waals surface area contributed by atoms with Gasteiger partial charge in [0.2, 0.25) is 0 Å². The summed E-state index contributed by atoms with van der Waals surface area (Å²) in [4.78, 5) is 0. The molecule has 0 N–H and O–H groups in total. The lowest BCUT2D eigenvalue weighted by Gasteiger charge is -2.16. The number of rotatable bonds is 11. The number of hydrogen-bond donors (Lipinski definition) is 0. The lowest BCUT2D eigenvalue weighted by molar-refractivity contribution is -0.140. The average molecular weight is 264 g/mol. The van der Waals surface area contributed by atoms with Gasteiger partial charge in [-0.2, -0.15) is 0 Å². The van der Waals surface area contributed by atoms with Gasteiger partial charge in [-0.15, -0.1) is 0 Å². The molecule has 0 fully saturated rings. The van der Waals surface area contributed by atoms with Crippen LogP contribution in [0.2, 0.25) is 0 Å². The van der Waals surface area contributed by atoms with Gasteiger partial charge in [-0.3, -0.25) is 0 Å². The zero-order valence-corrected chi connectivity index (χ0v) is 12.5. The fourth-order valence-corrected chi connectivity index (χ4v) is 1.76. The molecule has 0 aliphatic heterocycles. The van der Waals surface area contributed by atoms with Gasteiger partial charge in [-0.1, -0.05) is 37.3 Å². The van der Waals surface area contributed by atoms with E-state index in [1.807, 2.05) is 19.9 Å². The molecule has 0 amide bonds. The van der Waals surface area contributed by atoms with Crippen LogP contribution in [0.25, 0.3) is 0 Å². The van der Waals surface area contributed by atoms with E-state index >= 15 is 0 Å². The standard InChI is InChI=1S/C17H28O2/c1-4-7-8-9-10-11-12-13-14-15-16-17(18-5-2)19-6-3/h4,9-10,17H,1,5-6,11-16H2,2-3H3/b10-9-. The van der Waals surface area contributed by atoms with Crippen LogP contribution in [0.3, 0.4) is 0 Å². The zero-order valence-electron chi connectivity index (χ0n) is 12.5. The molecule has 0 radical (unpaired) electrons. The van der Waals surface area contributed by atoms with E-state index in [0.717, 1.165) is 26.1 Å². The first kappa shape index (κ1) is 18.0. The molecule has 0 saturated carbocycles. The third kappa shape index (κ3) is 13.2. The highest BCUT2D eigenvalue weighted by Gasteiger charge is 2.06. The molecule has 0 aliphatic rings. The highest BCUT2D eigenvalue weighted by Crippen LogP contribution is 2.10. The topological polar surface area (TPSA) is 18.5 Å². The van der Waals surface area contributed by atoms with Crippen LogP contribution < -0.4 is 0 Å². The van der Waals surface area contributed by atoms with Crippen LogP contribution in [0.1, 0.15) is 52.4 Å². The average Bonchev–Trinajstić information content (AvgIpc) is 2.41. The first-order valence-corrected chi connectivity index (χ1v) is 7.35. The molecule has 0 aromatic rings. The summed E-state index contributed by atoms with van der Waals surface area (Å²) in [6.07, 6.45) is 12.6. The molecule has 0 aliphatic carbocycles. The second-order valence-corrected chi connectivity index (χ2v) is 4.23. The molecule has 0 bridgehead atoms. The number of ether oxygens (including phenoxy) is 2. The largest absolute Gasteiger partial charge is 0.353 e. The number of unbranched alkanes of at least 4 members (excludes halogenated alkanes) is 4. The minimum atomic E-state index is -0.0101. The molecule has 0 saturated heterocycles. The maximum absolute atomic E-state index is 5.51. The summed E-state index contributed by atoms with van der Waals surface area (Å²) in [5.41, 5.74) is 0. The van der Waals surface area contributed by atoms with E-state index in [1.54, 1.807) is 6.08 Å². The van der Waals surface area contributed by atoms with E-state index in [2.05, 4.69) is 24.5 Å². The van der Waals surface area contributed by atoms with Gasteiger partial charge >= 0.3 is 0 Å². The summed E-state index contributed by atoms with van der Waals surface area (Å²) in [5.74, 6) is 5.69. The van der Waals surface area contributed by atoms with Crippen LogP contribution in [-0.2, 0) is 9.47 Å². The van der Waals surface area contributed by atoms with Crippen molar-refractivity contribution in [3.63, 3.8) is 0 Å². The van der Waals surface area contributed by atoms with E-state index in [4.69, 9.17) is 9.47 Å². The summed E-state index contributed by atoms with van der Waals surface area (Å²) in [6, 6.07) is 0. The predicted octanol–water partition coefficient (Wildman–Crippen LogP) is 4.47. The molecule has 0 rings (SSSR count). The normalized spacial score (nSPS) is 10.7. The van der Waals surface area contributed by atoms with Crippen molar-refractivity contribution in [3.8, 4) is 11.8 Å². The Morgan fingerprint density at radius 2 is 1.68 bits per heavy atom. The molecule has 2 nitrogen and oxygen atoms in total. The van der Waals surface area contributed by atoms with Crippen molar-refractivity contribution in [2.24, 2.45) is 0 Å². The van der Waals surface area contributed by atoms with Crippen LogP contribution >= 0.6 is 0 Å². The molecule has 108 valence electrons. The van der Waals surface area contributed by atoms with Gasteiger partial charge in [0.05, 0.1) is 0 Å². The smallest absolute Gasteiger partial charge is 0.157 e. The van der Waals surface area contributed by atoms with Gasteiger partial charge < -0.3 is 9.47 Å². The Morgan fingerprint density at radius 3 is 2.32 bits per heavy atom. The summed E-state index contributed by atoms with van der Waals surface area (Å²) >= 11 is 0. The monoisotopic (exact) mass is 264 g/mol. The quantitative estimate of drug-likeness (QED) is 0.311. The summed E-state index contributed by atoms with van der Waals surface area (Å²) in [7, 11) is 0. The van der Waals surface area contributed by atoms with Crippen molar-refractivity contribution in [1.29, 1.82) is 0 Å². The Balaban J connectivity index is 3.42. The summed E-state index contributed by atoms with van der Waals surface area (Å²) in [5, 5.41) is 0. The Labute approximate surface area is 118 Å².